The van der Waals surface area contributed by atoms with Crippen molar-refractivity contribution in [1.29, 1.82) is 0 Å². The molecule has 7 nitrogen and oxygen atoms in total. The fraction of sp³-hybridized carbons (Fsp3) is 0.875. The molecule has 0 fully saturated rings. The molecule has 25 heavy (non-hydrogen) atoms. The molecule has 0 rings (SSSR count). The van der Waals surface area contributed by atoms with E-state index in [9.17, 15) is 32.8 Å². The second-order valence-corrected chi connectivity index (χ2v) is 8.18. The SMILES string of the molecule is CCCCC(C)C(C(=O)O)C(C(=O)O)(C(C)CCCC)S(=O)(=O)O.[NaH]. The number of carbonyl (C=O) groups is 2. The van der Waals surface area contributed by atoms with Crippen LogP contribution in [0.3, 0.4) is 0 Å². The van der Waals surface area contributed by atoms with Gasteiger partial charge >= 0.3 is 41.5 Å². The summed E-state index contributed by atoms with van der Waals surface area (Å²) in [5.41, 5.74) is 0. The van der Waals surface area contributed by atoms with E-state index in [1.54, 1.807) is 0 Å². The van der Waals surface area contributed by atoms with Gasteiger partial charge in [-0.2, -0.15) is 8.42 Å². The van der Waals surface area contributed by atoms with Crippen LogP contribution in [0, 0.1) is 17.8 Å². The van der Waals surface area contributed by atoms with Gasteiger partial charge in [0.05, 0.1) is 5.92 Å². The van der Waals surface area contributed by atoms with Gasteiger partial charge < -0.3 is 10.2 Å². The molecular formula is C16H31NaO7S. The molecule has 0 aliphatic carbocycles. The fourth-order valence-electron chi connectivity index (χ4n) is 3.44. The average Bonchev–Trinajstić information content (AvgIpc) is 2.45. The van der Waals surface area contributed by atoms with Gasteiger partial charge in [0.25, 0.3) is 10.1 Å². The number of aliphatic carboxylic acids is 2. The first-order valence-corrected chi connectivity index (χ1v) is 9.85. The third-order valence-electron chi connectivity index (χ3n) is 4.79. The molecule has 9 heteroatoms. The van der Waals surface area contributed by atoms with E-state index in [1.165, 1.54) is 13.8 Å². The predicted molar refractivity (Wildman–Crippen MR) is 97.6 cm³/mol. The van der Waals surface area contributed by atoms with E-state index in [0.717, 1.165) is 6.42 Å². The van der Waals surface area contributed by atoms with Crippen molar-refractivity contribution in [3.8, 4) is 0 Å². The zero-order chi connectivity index (χ0) is 19.1. The van der Waals surface area contributed by atoms with Gasteiger partial charge in [0.15, 0.2) is 0 Å². The van der Waals surface area contributed by atoms with Crippen molar-refractivity contribution in [3.05, 3.63) is 0 Å². The van der Waals surface area contributed by atoms with Crippen LogP contribution in [-0.4, -0.2) is 69.4 Å². The third kappa shape index (κ3) is 6.20. The monoisotopic (exact) mass is 390 g/mol. The molecule has 0 heterocycles. The maximum atomic E-state index is 12.1. The minimum atomic E-state index is -5.15. The Kier molecular flexibility index (Phi) is 12.5. The number of hydrogen-bond donors (Lipinski definition) is 3. The molecule has 0 bridgehead atoms. The summed E-state index contributed by atoms with van der Waals surface area (Å²) in [6.07, 6.45) is 3.24. The Morgan fingerprint density at radius 3 is 1.76 bits per heavy atom. The predicted octanol–water partition coefficient (Wildman–Crippen LogP) is 2.40. The van der Waals surface area contributed by atoms with E-state index in [2.05, 4.69) is 0 Å². The summed E-state index contributed by atoms with van der Waals surface area (Å²) in [6, 6.07) is 0. The normalized spacial score (nSPS) is 17.6. The molecule has 0 radical (unpaired) electrons. The molecule has 0 saturated carbocycles. The van der Waals surface area contributed by atoms with Gasteiger partial charge in [-0.3, -0.25) is 14.1 Å². The first kappa shape index (κ1) is 27.1. The summed E-state index contributed by atoms with van der Waals surface area (Å²) in [5.74, 6) is -6.77. The Morgan fingerprint density at radius 1 is 1.00 bits per heavy atom. The number of unbranched alkanes of at least 4 members (excludes halogenated alkanes) is 2. The molecule has 0 amide bonds. The summed E-state index contributed by atoms with van der Waals surface area (Å²) in [4.78, 5) is 23.8. The maximum absolute atomic E-state index is 12.1. The molecular weight excluding hydrogens is 359 g/mol. The first-order valence-electron chi connectivity index (χ1n) is 8.41. The molecule has 144 valence electrons. The zero-order valence-corrected chi connectivity index (χ0v) is 15.7. The van der Waals surface area contributed by atoms with E-state index in [-0.39, 0.29) is 36.0 Å². The summed E-state index contributed by atoms with van der Waals surface area (Å²) >= 11 is 0. The standard InChI is InChI=1S/C16H30O7S.Na.H/c1-5-7-9-11(3)13(14(17)18)16(15(19)20,24(21,22)23)12(4)10-8-6-2;;/h11-13H,5-10H2,1-4H3,(H,17,18)(H,19,20)(H,21,22,23);;. The zero-order valence-electron chi connectivity index (χ0n) is 14.9. The summed E-state index contributed by atoms with van der Waals surface area (Å²) in [7, 11) is -5.15. The van der Waals surface area contributed by atoms with Crippen LogP contribution in [0.15, 0.2) is 0 Å². The van der Waals surface area contributed by atoms with Crippen molar-refractivity contribution in [3.63, 3.8) is 0 Å². The summed E-state index contributed by atoms with van der Waals surface area (Å²) in [5, 5.41) is 19.3. The van der Waals surface area contributed by atoms with Gasteiger partial charge in [0.2, 0.25) is 4.75 Å². The topological polar surface area (TPSA) is 129 Å². The van der Waals surface area contributed by atoms with Crippen LogP contribution >= 0.6 is 0 Å². The Labute approximate surface area is 172 Å². The summed E-state index contributed by atoms with van der Waals surface area (Å²) in [6.45, 7) is 6.69. The number of rotatable bonds is 12. The van der Waals surface area contributed by atoms with Crippen LogP contribution in [0.1, 0.15) is 66.2 Å². The van der Waals surface area contributed by atoms with E-state index in [0.29, 0.717) is 25.7 Å². The fourth-order valence-corrected chi connectivity index (χ4v) is 4.94. The van der Waals surface area contributed by atoms with Crippen LogP contribution in [0.2, 0.25) is 0 Å². The van der Waals surface area contributed by atoms with E-state index in [4.69, 9.17) is 0 Å². The van der Waals surface area contributed by atoms with Crippen molar-refractivity contribution in [2.45, 2.75) is 71.0 Å². The van der Waals surface area contributed by atoms with Crippen molar-refractivity contribution in [1.82, 2.24) is 0 Å². The minimum absolute atomic E-state index is 0. The molecule has 4 unspecified atom stereocenters. The number of carboxylic acid groups (broad SMARTS) is 2. The van der Waals surface area contributed by atoms with Crippen LogP contribution in [-0.2, 0) is 19.7 Å². The van der Waals surface area contributed by atoms with E-state index >= 15 is 0 Å². The summed E-state index contributed by atoms with van der Waals surface area (Å²) < 4.78 is 31.3. The Morgan fingerprint density at radius 2 is 1.44 bits per heavy atom. The van der Waals surface area contributed by atoms with Crippen LogP contribution in [0.4, 0.5) is 0 Å². The van der Waals surface area contributed by atoms with Gasteiger partial charge in [-0.05, 0) is 24.7 Å². The molecule has 0 aromatic rings. The van der Waals surface area contributed by atoms with Crippen molar-refractivity contribution in [2.24, 2.45) is 17.8 Å². The molecule has 0 spiro atoms. The van der Waals surface area contributed by atoms with Crippen LogP contribution in [0.5, 0.6) is 0 Å². The Bertz CT molecular complexity index is 535. The van der Waals surface area contributed by atoms with Crippen molar-refractivity contribution >= 4 is 51.6 Å². The molecule has 0 saturated heterocycles. The number of carboxylic acids is 2. The second-order valence-electron chi connectivity index (χ2n) is 6.55. The van der Waals surface area contributed by atoms with Gasteiger partial charge in [-0.25, -0.2) is 0 Å². The average molecular weight is 390 g/mol. The van der Waals surface area contributed by atoms with Crippen molar-refractivity contribution in [2.75, 3.05) is 0 Å². The third-order valence-corrected chi connectivity index (χ3v) is 6.48. The van der Waals surface area contributed by atoms with E-state index < -0.39 is 44.6 Å². The van der Waals surface area contributed by atoms with Crippen molar-refractivity contribution < 1.29 is 32.8 Å². The van der Waals surface area contributed by atoms with Crippen LogP contribution < -0.4 is 0 Å². The van der Waals surface area contributed by atoms with Gasteiger partial charge in [-0.15, -0.1) is 0 Å². The Balaban J connectivity index is 0. The first-order chi connectivity index (χ1) is 11.0. The van der Waals surface area contributed by atoms with Gasteiger partial charge in [-0.1, -0.05) is 53.4 Å². The molecule has 0 aliphatic rings. The van der Waals surface area contributed by atoms with Gasteiger partial charge in [0, 0.05) is 0 Å². The van der Waals surface area contributed by atoms with Crippen LogP contribution in [0.25, 0.3) is 0 Å². The molecule has 4 atom stereocenters. The Hall–Kier alpha value is -0.150. The molecule has 0 aromatic carbocycles. The number of hydrogen-bond acceptors (Lipinski definition) is 4. The van der Waals surface area contributed by atoms with Gasteiger partial charge in [0.1, 0.15) is 0 Å². The quantitative estimate of drug-likeness (QED) is 0.345. The second kappa shape index (κ2) is 11.5. The molecule has 3 N–H and O–H groups in total. The van der Waals surface area contributed by atoms with E-state index in [1.807, 2.05) is 13.8 Å². The molecule has 0 aromatic heterocycles. The molecule has 0 aliphatic heterocycles.